The number of aliphatic carboxylic acids is 1. The van der Waals surface area contributed by atoms with Crippen LogP contribution in [0, 0.1) is 17.8 Å². The standard InChI is InChI=1S/C15H28N2O4/c1-4-13-11(5-6-21-13)8-16-15(20)17-9-12(14(18)19)7-10(2)3/h10-13H,4-9H2,1-3H3,(H,18,19)(H2,16,17,20). The highest BCUT2D eigenvalue weighted by molar-refractivity contribution is 5.75. The lowest BCUT2D eigenvalue weighted by atomic mass is 9.97. The van der Waals surface area contributed by atoms with E-state index < -0.39 is 11.9 Å². The van der Waals surface area contributed by atoms with Crippen molar-refractivity contribution in [1.29, 1.82) is 0 Å². The fourth-order valence-electron chi connectivity index (χ4n) is 2.72. The minimum absolute atomic E-state index is 0.164. The molecule has 0 aromatic carbocycles. The molecule has 3 atom stereocenters. The summed E-state index contributed by atoms with van der Waals surface area (Å²) < 4.78 is 5.57. The van der Waals surface area contributed by atoms with Crippen molar-refractivity contribution in [3.05, 3.63) is 0 Å². The molecule has 1 saturated heterocycles. The Labute approximate surface area is 126 Å². The van der Waals surface area contributed by atoms with E-state index in [1.807, 2.05) is 13.8 Å². The predicted molar refractivity (Wildman–Crippen MR) is 80.1 cm³/mol. The van der Waals surface area contributed by atoms with E-state index in [0.29, 0.717) is 18.9 Å². The van der Waals surface area contributed by atoms with Crippen LogP contribution >= 0.6 is 0 Å². The van der Waals surface area contributed by atoms with Crippen molar-refractivity contribution in [2.45, 2.75) is 46.1 Å². The highest BCUT2D eigenvalue weighted by Gasteiger charge is 2.27. The van der Waals surface area contributed by atoms with Crippen molar-refractivity contribution in [1.82, 2.24) is 10.6 Å². The molecule has 1 aliphatic rings. The number of urea groups is 1. The van der Waals surface area contributed by atoms with Gasteiger partial charge in [-0.2, -0.15) is 0 Å². The summed E-state index contributed by atoms with van der Waals surface area (Å²) in [6.45, 7) is 7.51. The third-order valence-electron chi connectivity index (χ3n) is 3.89. The van der Waals surface area contributed by atoms with E-state index >= 15 is 0 Å². The predicted octanol–water partition coefficient (Wildman–Crippen LogP) is 1.85. The van der Waals surface area contributed by atoms with Crippen LogP contribution in [-0.4, -0.2) is 42.9 Å². The second-order valence-corrected chi connectivity index (χ2v) is 6.12. The summed E-state index contributed by atoms with van der Waals surface area (Å²) in [5.74, 6) is -0.753. The van der Waals surface area contributed by atoms with Gasteiger partial charge in [0.2, 0.25) is 0 Å². The molecule has 3 N–H and O–H groups in total. The Kier molecular flexibility index (Phi) is 7.50. The minimum Gasteiger partial charge on any atom is -0.481 e. The maximum atomic E-state index is 11.8. The van der Waals surface area contributed by atoms with E-state index in [1.165, 1.54) is 0 Å². The lowest BCUT2D eigenvalue weighted by Gasteiger charge is -2.19. The highest BCUT2D eigenvalue weighted by atomic mass is 16.5. The smallest absolute Gasteiger partial charge is 0.314 e. The summed E-state index contributed by atoms with van der Waals surface area (Å²) in [4.78, 5) is 22.9. The maximum absolute atomic E-state index is 11.8. The summed E-state index contributed by atoms with van der Waals surface area (Å²) in [5.41, 5.74) is 0. The molecule has 3 unspecified atom stereocenters. The van der Waals surface area contributed by atoms with Gasteiger partial charge >= 0.3 is 12.0 Å². The van der Waals surface area contributed by atoms with Gasteiger partial charge in [0.1, 0.15) is 0 Å². The minimum atomic E-state index is -0.862. The van der Waals surface area contributed by atoms with Crippen LogP contribution in [0.15, 0.2) is 0 Å². The average Bonchev–Trinajstić information content (AvgIpc) is 2.87. The number of carbonyl (C=O) groups excluding carboxylic acids is 1. The zero-order chi connectivity index (χ0) is 15.8. The number of nitrogens with one attached hydrogen (secondary N) is 2. The van der Waals surface area contributed by atoms with Crippen LogP contribution in [0.3, 0.4) is 0 Å². The van der Waals surface area contributed by atoms with Crippen LogP contribution in [0.5, 0.6) is 0 Å². The molecule has 0 bridgehead atoms. The third kappa shape index (κ3) is 6.33. The van der Waals surface area contributed by atoms with Gasteiger partial charge in [0.05, 0.1) is 12.0 Å². The van der Waals surface area contributed by atoms with Gasteiger partial charge in [-0.25, -0.2) is 4.79 Å². The molecule has 1 aliphatic heterocycles. The molecule has 0 aromatic rings. The normalized spacial score (nSPS) is 23.0. The molecule has 1 heterocycles. The van der Waals surface area contributed by atoms with E-state index in [2.05, 4.69) is 17.6 Å². The Morgan fingerprint density at radius 3 is 2.62 bits per heavy atom. The third-order valence-corrected chi connectivity index (χ3v) is 3.89. The van der Waals surface area contributed by atoms with Crippen molar-refractivity contribution < 1.29 is 19.4 Å². The van der Waals surface area contributed by atoms with Gasteiger partial charge in [0, 0.05) is 25.6 Å². The quantitative estimate of drug-likeness (QED) is 0.638. The summed E-state index contributed by atoms with van der Waals surface area (Å²) in [7, 11) is 0. The Hall–Kier alpha value is -1.30. The second-order valence-electron chi connectivity index (χ2n) is 6.12. The Bertz CT molecular complexity index is 347. The number of hydrogen-bond acceptors (Lipinski definition) is 3. The zero-order valence-corrected chi connectivity index (χ0v) is 13.2. The number of ether oxygens (including phenoxy) is 1. The maximum Gasteiger partial charge on any atom is 0.314 e. The molecule has 1 fully saturated rings. The second kappa shape index (κ2) is 8.87. The number of carboxylic acid groups (broad SMARTS) is 1. The SMILES string of the molecule is CCC1OCCC1CNC(=O)NCC(CC(C)C)C(=O)O. The summed E-state index contributed by atoms with van der Waals surface area (Å²) in [6.07, 6.45) is 2.69. The van der Waals surface area contributed by atoms with Crippen LogP contribution < -0.4 is 10.6 Å². The van der Waals surface area contributed by atoms with E-state index in [9.17, 15) is 9.59 Å². The molecule has 122 valence electrons. The van der Waals surface area contributed by atoms with Gasteiger partial charge < -0.3 is 20.5 Å². The van der Waals surface area contributed by atoms with Crippen LogP contribution in [0.25, 0.3) is 0 Å². The molecule has 0 aromatic heterocycles. The number of amides is 2. The summed E-state index contributed by atoms with van der Waals surface area (Å²) >= 11 is 0. The van der Waals surface area contributed by atoms with E-state index in [0.717, 1.165) is 19.4 Å². The molecule has 6 nitrogen and oxygen atoms in total. The van der Waals surface area contributed by atoms with E-state index in [1.54, 1.807) is 0 Å². The first-order valence-corrected chi connectivity index (χ1v) is 7.80. The lowest BCUT2D eigenvalue weighted by molar-refractivity contribution is -0.142. The van der Waals surface area contributed by atoms with Crippen molar-refractivity contribution in [3.8, 4) is 0 Å². The van der Waals surface area contributed by atoms with Gasteiger partial charge in [-0.05, 0) is 25.2 Å². The molecule has 0 spiro atoms. The summed E-state index contributed by atoms with van der Waals surface area (Å²) in [6, 6.07) is -0.299. The first-order chi connectivity index (χ1) is 9.93. The first kappa shape index (κ1) is 17.8. The van der Waals surface area contributed by atoms with E-state index in [4.69, 9.17) is 9.84 Å². The van der Waals surface area contributed by atoms with Gasteiger partial charge in [-0.3, -0.25) is 4.79 Å². The number of carbonyl (C=O) groups is 2. The highest BCUT2D eigenvalue weighted by Crippen LogP contribution is 2.22. The topological polar surface area (TPSA) is 87.7 Å². The molecule has 1 rings (SSSR count). The molecule has 0 radical (unpaired) electrons. The number of hydrogen-bond donors (Lipinski definition) is 3. The van der Waals surface area contributed by atoms with Gasteiger partial charge in [-0.15, -0.1) is 0 Å². The molecule has 2 amide bonds. The Morgan fingerprint density at radius 2 is 2.05 bits per heavy atom. The monoisotopic (exact) mass is 300 g/mol. The van der Waals surface area contributed by atoms with Gasteiger partial charge in [-0.1, -0.05) is 20.8 Å². The zero-order valence-electron chi connectivity index (χ0n) is 13.2. The molecular weight excluding hydrogens is 272 g/mol. The van der Waals surface area contributed by atoms with Crippen LogP contribution in [0.4, 0.5) is 4.79 Å². The molecule has 0 aliphatic carbocycles. The average molecular weight is 300 g/mol. The first-order valence-electron chi connectivity index (χ1n) is 7.80. The number of rotatable bonds is 8. The van der Waals surface area contributed by atoms with Crippen molar-refractivity contribution >= 4 is 12.0 Å². The summed E-state index contributed by atoms with van der Waals surface area (Å²) in [5, 5.41) is 14.6. The van der Waals surface area contributed by atoms with Gasteiger partial charge in [0.15, 0.2) is 0 Å². The Balaban J connectivity index is 2.28. The molecular formula is C15H28N2O4. The molecule has 6 heteroatoms. The van der Waals surface area contributed by atoms with Crippen LogP contribution in [0.1, 0.15) is 40.0 Å². The fraction of sp³-hybridized carbons (Fsp3) is 0.867. The van der Waals surface area contributed by atoms with E-state index in [-0.39, 0.29) is 24.6 Å². The lowest BCUT2D eigenvalue weighted by Crippen LogP contribution is -2.42. The van der Waals surface area contributed by atoms with Crippen molar-refractivity contribution in [2.75, 3.05) is 19.7 Å². The largest absolute Gasteiger partial charge is 0.481 e. The van der Waals surface area contributed by atoms with Crippen molar-refractivity contribution in [2.24, 2.45) is 17.8 Å². The fourth-order valence-corrected chi connectivity index (χ4v) is 2.72. The number of carboxylic acids is 1. The van der Waals surface area contributed by atoms with Crippen LogP contribution in [-0.2, 0) is 9.53 Å². The van der Waals surface area contributed by atoms with Crippen LogP contribution in [0.2, 0.25) is 0 Å². The molecule has 21 heavy (non-hydrogen) atoms. The Morgan fingerprint density at radius 1 is 1.33 bits per heavy atom. The molecule has 0 saturated carbocycles. The van der Waals surface area contributed by atoms with Crippen molar-refractivity contribution in [3.63, 3.8) is 0 Å². The van der Waals surface area contributed by atoms with Gasteiger partial charge in [0.25, 0.3) is 0 Å².